The standard InChI is InChI=1S/C8H11N.C2H6/c1-2-7-5-3-4-6-8(7)9;1-2/h3-6H,2,9H2,1H3;1-2H3. The van der Waals surface area contributed by atoms with Crippen LogP contribution in [0.1, 0.15) is 26.3 Å². The average Bonchev–Trinajstić information content (AvgIpc) is 2.09. The van der Waals surface area contributed by atoms with E-state index in [1.807, 2.05) is 32.0 Å². The quantitative estimate of drug-likeness (QED) is 0.614. The lowest BCUT2D eigenvalue weighted by Crippen LogP contribution is -1.90. The van der Waals surface area contributed by atoms with E-state index in [4.69, 9.17) is 5.73 Å². The van der Waals surface area contributed by atoms with Crippen LogP contribution in [-0.2, 0) is 6.42 Å². The fraction of sp³-hybridized carbons (Fsp3) is 0.400. The predicted octanol–water partition coefficient (Wildman–Crippen LogP) is 2.86. The first-order chi connectivity index (χ1) is 5.34. The third-order valence-electron chi connectivity index (χ3n) is 1.44. The van der Waals surface area contributed by atoms with E-state index < -0.39 is 0 Å². The summed E-state index contributed by atoms with van der Waals surface area (Å²) in [6, 6.07) is 7.94. The number of para-hydroxylation sites is 1. The minimum Gasteiger partial charge on any atom is -0.399 e. The molecule has 0 unspecified atom stereocenters. The summed E-state index contributed by atoms with van der Waals surface area (Å²) >= 11 is 0. The summed E-state index contributed by atoms with van der Waals surface area (Å²) in [7, 11) is 0. The Balaban J connectivity index is 0.000000461. The molecule has 0 heterocycles. The van der Waals surface area contributed by atoms with Crippen LogP contribution in [0.3, 0.4) is 0 Å². The Hall–Kier alpha value is -0.980. The van der Waals surface area contributed by atoms with E-state index in [1.165, 1.54) is 5.56 Å². The van der Waals surface area contributed by atoms with E-state index in [-0.39, 0.29) is 0 Å². The van der Waals surface area contributed by atoms with Crippen molar-refractivity contribution >= 4 is 5.69 Å². The molecule has 1 nitrogen and oxygen atoms in total. The molecule has 62 valence electrons. The summed E-state index contributed by atoms with van der Waals surface area (Å²) < 4.78 is 0. The average molecular weight is 151 g/mol. The maximum atomic E-state index is 5.63. The van der Waals surface area contributed by atoms with Gasteiger partial charge in [0.2, 0.25) is 0 Å². The van der Waals surface area contributed by atoms with Crippen LogP contribution >= 0.6 is 0 Å². The van der Waals surface area contributed by atoms with Crippen LogP contribution in [0.4, 0.5) is 5.69 Å². The van der Waals surface area contributed by atoms with Gasteiger partial charge in [-0.2, -0.15) is 0 Å². The van der Waals surface area contributed by atoms with Gasteiger partial charge in [-0.3, -0.25) is 0 Å². The molecule has 0 fully saturated rings. The second-order valence-corrected chi connectivity index (χ2v) is 2.05. The summed E-state index contributed by atoms with van der Waals surface area (Å²) in [5.41, 5.74) is 7.77. The van der Waals surface area contributed by atoms with Gasteiger partial charge in [-0.15, -0.1) is 0 Å². The van der Waals surface area contributed by atoms with Gasteiger partial charge in [0.05, 0.1) is 0 Å². The van der Waals surface area contributed by atoms with E-state index in [0.717, 1.165) is 12.1 Å². The van der Waals surface area contributed by atoms with Gasteiger partial charge in [0.1, 0.15) is 0 Å². The van der Waals surface area contributed by atoms with Crippen LogP contribution in [0.2, 0.25) is 0 Å². The zero-order valence-corrected chi connectivity index (χ0v) is 7.59. The number of hydrogen-bond acceptors (Lipinski definition) is 1. The number of benzene rings is 1. The van der Waals surface area contributed by atoms with Crippen molar-refractivity contribution in [3.05, 3.63) is 29.8 Å². The molecule has 0 bridgehead atoms. The van der Waals surface area contributed by atoms with Gasteiger partial charge < -0.3 is 5.73 Å². The smallest absolute Gasteiger partial charge is 0.0346 e. The van der Waals surface area contributed by atoms with Crippen LogP contribution in [0.15, 0.2) is 24.3 Å². The van der Waals surface area contributed by atoms with Crippen molar-refractivity contribution in [3.8, 4) is 0 Å². The number of nitrogen functional groups attached to an aromatic ring is 1. The fourth-order valence-corrected chi connectivity index (χ4v) is 0.856. The van der Waals surface area contributed by atoms with Gasteiger partial charge >= 0.3 is 0 Å². The normalized spacial score (nSPS) is 8.27. The second-order valence-electron chi connectivity index (χ2n) is 2.05. The fourth-order valence-electron chi connectivity index (χ4n) is 0.856. The van der Waals surface area contributed by atoms with Crippen LogP contribution < -0.4 is 5.73 Å². The first-order valence-corrected chi connectivity index (χ1v) is 4.18. The number of hydrogen-bond donors (Lipinski definition) is 1. The Morgan fingerprint density at radius 3 is 2.09 bits per heavy atom. The Morgan fingerprint density at radius 2 is 1.73 bits per heavy atom. The first kappa shape index (κ1) is 10.0. The van der Waals surface area contributed by atoms with Gasteiger partial charge in [-0.25, -0.2) is 0 Å². The molecule has 1 aromatic carbocycles. The van der Waals surface area contributed by atoms with Crippen molar-refractivity contribution in [2.24, 2.45) is 0 Å². The molecule has 0 atom stereocenters. The zero-order valence-electron chi connectivity index (χ0n) is 7.59. The van der Waals surface area contributed by atoms with Gasteiger partial charge in [0.25, 0.3) is 0 Å². The molecule has 0 amide bonds. The summed E-state index contributed by atoms with van der Waals surface area (Å²) in [6.07, 6.45) is 1.02. The highest BCUT2D eigenvalue weighted by Crippen LogP contribution is 2.09. The molecule has 1 aromatic rings. The minimum absolute atomic E-state index is 0.903. The van der Waals surface area contributed by atoms with Gasteiger partial charge in [0, 0.05) is 5.69 Å². The van der Waals surface area contributed by atoms with Crippen LogP contribution in [0.5, 0.6) is 0 Å². The molecule has 0 aromatic heterocycles. The Labute approximate surface area is 69.2 Å². The highest BCUT2D eigenvalue weighted by atomic mass is 14.5. The Bertz CT molecular complexity index is 194. The largest absolute Gasteiger partial charge is 0.399 e. The molecule has 0 saturated carbocycles. The van der Waals surface area contributed by atoms with Gasteiger partial charge in [0.15, 0.2) is 0 Å². The molecule has 11 heavy (non-hydrogen) atoms. The molecular formula is C10H17N. The summed E-state index contributed by atoms with van der Waals surface area (Å²) in [5, 5.41) is 0. The number of nitrogens with two attached hydrogens (primary N) is 1. The number of rotatable bonds is 1. The molecule has 0 aliphatic carbocycles. The highest BCUT2D eigenvalue weighted by molar-refractivity contribution is 5.46. The van der Waals surface area contributed by atoms with E-state index in [9.17, 15) is 0 Å². The molecule has 1 rings (SSSR count). The van der Waals surface area contributed by atoms with E-state index in [2.05, 4.69) is 13.0 Å². The lowest BCUT2D eigenvalue weighted by molar-refractivity contribution is 1.14. The summed E-state index contributed by atoms with van der Waals surface area (Å²) in [5.74, 6) is 0. The minimum atomic E-state index is 0.903. The topological polar surface area (TPSA) is 26.0 Å². The van der Waals surface area contributed by atoms with Crippen molar-refractivity contribution < 1.29 is 0 Å². The van der Waals surface area contributed by atoms with Crippen molar-refractivity contribution in [2.45, 2.75) is 27.2 Å². The predicted molar refractivity (Wildman–Crippen MR) is 51.6 cm³/mol. The van der Waals surface area contributed by atoms with Crippen LogP contribution in [0.25, 0.3) is 0 Å². The van der Waals surface area contributed by atoms with Crippen molar-refractivity contribution in [1.82, 2.24) is 0 Å². The van der Waals surface area contributed by atoms with Gasteiger partial charge in [-0.1, -0.05) is 39.0 Å². The summed E-state index contributed by atoms with van der Waals surface area (Å²) in [6.45, 7) is 6.10. The third kappa shape index (κ3) is 3.08. The molecule has 0 saturated heterocycles. The Kier molecular flexibility index (Phi) is 5.26. The maximum Gasteiger partial charge on any atom is 0.0346 e. The lowest BCUT2D eigenvalue weighted by atomic mass is 10.1. The first-order valence-electron chi connectivity index (χ1n) is 4.18. The lowest BCUT2D eigenvalue weighted by Gasteiger charge is -1.98. The third-order valence-corrected chi connectivity index (χ3v) is 1.44. The summed E-state index contributed by atoms with van der Waals surface area (Å²) in [4.78, 5) is 0. The van der Waals surface area contributed by atoms with E-state index in [0.29, 0.717) is 0 Å². The maximum absolute atomic E-state index is 5.63. The van der Waals surface area contributed by atoms with Crippen molar-refractivity contribution in [3.63, 3.8) is 0 Å². The zero-order chi connectivity index (χ0) is 8.69. The molecule has 0 radical (unpaired) electrons. The van der Waals surface area contributed by atoms with Crippen LogP contribution in [0, 0.1) is 0 Å². The van der Waals surface area contributed by atoms with E-state index in [1.54, 1.807) is 0 Å². The molecular weight excluding hydrogens is 134 g/mol. The highest BCUT2D eigenvalue weighted by Gasteiger charge is 1.90. The second kappa shape index (κ2) is 5.78. The Morgan fingerprint density at radius 1 is 1.18 bits per heavy atom. The number of aryl methyl sites for hydroxylation is 1. The molecule has 0 aliphatic rings. The van der Waals surface area contributed by atoms with E-state index >= 15 is 0 Å². The van der Waals surface area contributed by atoms with Crippen molar-refractivity contribution in [1.29, 1.82) is 0 Å². The van der Waals surface area contributed by atoms with Crippen LogP contribution in [-0.4, -0.2) is 0 Å². The molecule has 2 N–H and O–H groups in total. The van der Waals surface area contributed by atoms with Crippen molar-refractivity contribution in [2.75, 3.05) is 5.73 Å². The molecule has 0 aliphatic heterocycles. The number of anilines is 1. The molecule has 0 spiro atoms. The SMILES string of the molecule is CC.CCc1ccccc1N. The monoisotopic (exact) mass is 151 g/mol. The van der Waals surface area contributed by atoms with Gasteiger partial charge in [-0.05, 0) is 18.1 Å². The molecule has 1 heteroatoms.